The van der Waals surface area contributed by atoms with E-state index in [0.717, 1.165) is 5.56 Å². The van der Waals surface area contributed by atoms with E-state index < -0.39 is 0 Å². The summed E-state index contributed by atoms with van der Waals surface area (Å²) >= 11 is 0. The van der Waals surface area contributed by atoms with Crippen LogP contribution < -0.4 is 10.6 Å². The largest absolute Gasteiger partial charge is 0.383 e. The first-order chi connectivity index (χ1) is 8.77. The van der Waals surface area contributed by atoms with Gasteiger partial charge in [-0.15, -0.1) is 0 Å². The Morgan fingerprint density at radius 3 is 3.17 bits per heavy atom. The first-order valence-corrected chi connectivity index (χ1v) is 5.58. The summed E-state index contributed by atoms with van der Waals surface area (Å²) in [4.78, 5) is 15.3. The van der Waals surface area contributed by atoms with Crippen LogP contribution in [0.25, 0.3) is 0 Å². The summed E-state index contributed by atoms with van der Waals surface area (Å²) in [5.74, 6) is -0.102. The Morgan fingerprint density at radius 1 is 1.61 bits per heavy atom. The highest BCUT2D eigenvalue weighted by Gasteiger charge is 2.03. The molecule has 0 aliphatic heterocycles. The van der Waals surface area contributed by atoms with Crippen LogP contribution in [0.2, 0.25) is 0 Å². The quantitative estimate of drug-likeness (QED) is 0.653. The molecule has 18 heavy (non-hydrogen) atoms. The summed E-state index contributed by atoms with van der Waals surface area (Å²) in [6, 6.07) is 5.57. The molecule has 0 saturated carbocycles. The van der Waals surface area contributed by atoms with Crippen molar-refractivity contribution in [3.63, 3.8) is 0 Å². The third-order valence-corrected chi connectivity index (χ3v) is 2.23. The number of carbonyl (C=O) groups is 1. The van der Waals surface area contributed by atoms with Crippen LogP contribution in [-0.2, 0) is 16.1 Å². The molecule has 6 nitrogen and oxygen atoms in total. The van der Waals surface area contributed by atoms with E-state index in [2.05, 4.69) is 15.6 Å². The van der Waals surface area contributed by atoms with Crippen LogP contribution in [0.3, 0.4) is 0 Å². The van der Waals surface area contributed by atoms with Crippen LogP contribution in [0.1, 0.15) is 11.3 Å². The molecule has 1 heterocycles. The SMILES string of the molecule is COCCNC(=O)CNCc1cccnc1C#N. The highest BCUT2D eigenvalue weighted by molar-refractivity contribution is 5.77. The molecular weight excluding hydrogens is 232 g/mol. The Kier molecular flexibility index (Phi) is 6.40. The number of hydrogen-bond acceptors (Lipinski definition) is 5. The lowest BCUT2D eigenvalue weighted by Crippen LogP contribution is -2.35. The van der Waals surface area contributed by atoms with Gasteiger partial charge >= 0.3 is 0 Å². The maximum Gasteiger partial charge on any atom is 0.234 e. The minimum atomic E-state index is -0.102. The number of nitrogens with one attached hydrogen (secondary N) is 2. The number of nitriles is 1. The number of rotatable bonds is 7. The van der Waals surface area contributed by atoms with Crippen LogP contribution in [0, 0.1) is 11.3 Å². The molecule has 0 unspecified atom stereocenters. The van der Waals surface area contributed by atoms with Crippen molar-refractivity contribution in [1.82, 2.24) is 15.6 Å². The van der Waals surface area contributed by atoms with Crippen molar-refractivity contribution in [3.05, 3.63) is 29.6 Å². The molecule has 0 radical (unpaired) electrons. The molecule has 0 spiro atoms. The van der Waals surface area contributed by atoms with E-state index in [4.69, 9.17) is 10.00 Å². The molecule has 96 valence electrons. The minimum Gasteiger partial charge on any atom is -0.383 e. The van der Waals surface area contributed by atoms with Crippen LogP contribution in [0.15, 0.2) is 18.3 Å². The molecule has 0 aliphatic carbocycles. The minimum absolute atomic E-state index is 0.102. The molecular formula is C12H16N4O2. The second kappa shape index (κ2) is 8.17. The highest BCUT2D eigenvalue weighted by Crippen LogP contribution is 2.02. The topological polar surface area (TPSA) is 87.0 Å². The first-order valence-electron chi connectivity index (χ1n) is 5.58. The van der Waals surface area contributed by atoms with Gasteiger partial charge in [0.15, 0.2) is 0 Å². The number of carbonyl (C=O) groups excluding carboxylic acids is 1. The standard InChI is InChI=1S/C12H16N4O2/c1-18-6-5-16-12(17)9-14-8-10-3-2-4-15-11(10)7-13/h2-4,14H,5-6,8-9H2,1H3,(H,16,17). The third kappa shape index (κ3) is 4.91. The fraction of sp³-hybridized carbons (Fsp3) is 0.417. The van der Waals surface area contributed by atoms with Crippen molar-refractivity contribution in [3.8, 4) is 6.07 Å². The molecule has 0 bridgehead atoms. The maximum atomic E-state index is 11.4. The van der Waals surface area contributed by atoms with Gasteiger partial charge in [-0.25, -0.2) is 4.98 Å². The predicted octanol–water partition coefficient (Wildman–Crippen LogP) is -0.195. The van der Waals surface area contributed by atoms with Crippen LogP contribution in [0.4, 0.5) is 0 Å². The van der Waals surface area contributed by atoms with Gasteiger partial charge in [-0.3, -0.25) is 4.79 Å². The van der Waals surface area contributed by atoms with Crippen LogP contribution in [0.5, 0.6) is 0 Å². The Labute approximate surface area is 106 Å². The molecule has 0 fully saturated rings. The van der Waals surface area contributed by atoms with Gasteiger partial charge in [0.25, 0.3) is 0 Å². The van der Waals surface area contributed by atoms with Crippen molar-refractivity contribution >= 4 is 5.91 Å². The predicted molar refractivity (Wildman–Crippen MR) is 65.5 cm³/mol. The van der Waals surface area contributed by atoms with E-state index in [1.54, 1.807) is 25.4 Å². The number of hydrogen-bond donors (Lipinski definition) is 2. The van der Waals surface area contributed by atoms with Crippen molar-refractivity contribution in [2.45, 2.75) is 6.54 Å². The number of aromatic nitrogens is 1. The lowest BCUT2D eigenvalue weighted by Gasteiger charge is -2.06. The zero-order valence-corrected chi connectivity index (χ0v) is 10.3. The van der Waals surface area contributed by atoms with Gasteiger partial charge in [0.1, 0.15) is 11.8 Å². The van der Waals surface area contributed by atoms with Crippen molar-refractivity contribution < 1.29 is 9.53 Å². The number of ether oxygens (including phenoxy) is 1. The van der Waals surface area contributed by atoms with Gasteiger partial charge < -0.3 is 15.4 Å². The molecule has 0 aromatic carbocycles. The fourth-order valence-corrected chi connectivity index (χ4v) is 1.35. The van der Waals surface area contributed by atoms with Gasteiger partial charge in [0.2, 0.25) is 5.91 Å². The van der Waals surface area contributed by atoms with E-state index >= 15 is 0 Å². The summed E-state index contributed by atoms with van der Waals surface area (Å²) in [6.07, 6.45) is 1.57. The molecule has 0 atom stereocenters. The Bertz CT molecular complexity index is 428. The summed E-state index contributed by atoms with van der Waals surface area (Å²) in [6.45, 7) is 1.62. The van der Waals surface area contributed by atoms with E-state index in [9.17, 15) is 4.79 Å². The Hall–Kier alpha value is -1.97. The average Bonchev–Trinajstić information content (AvgIpc) is 2.39. The normalized spacial score (nSPS) is 9.78. The molecule has 1 aromatic heterocycles. The molecule has 1 rings (SSSR count). The lowest BCUT2D eigenvalue weighted by atomic mass is 10.2. The zero-order chi connectivity index (χ0) is 13.2. The number of nitrogens with zero attached hydrogens (tertiary/aromatic N) is 2. The van der Waals surface area contributed by atoms with E-state index in [1.807, 2.05) is 6.07 Å². The smallest absolute Gasteiger partial charge is 0.234 e. The molecule has 1 aromatic rings. The third-order valence-electron chi connectivity index (χ3n) is 2.23. The zero-order valence-electron chi connectivity index (χ0n) is 10.3. The van der Waals surface area contributed by atoms with Crippen LogP contribution >= 0.6 is 0 Å². The van der Waals surface area contributed by atoms with Gasteiger partial charge in [-0.05, 0) is 6.07 Å². The molecule has 6 heteroatoms. The second-order valence-electron chi connectivity index (χ2n) is 3.57. The second-order valence-corrected chi connectivity index (χ2v) is 3.57. The van der Waals surface area contributed by atoms with E-state index in [-0.39, 0.29) is 12.5 Å². The Balaban J connectivity index is 2.29. The summed E-state index contributed by atoms with van der Waals surface area (Å²) in [5.41, 5.74) is 1.16. The molecule has 0 aliphatic rings. The first kappa shape index (κ1) is 14.1. The van der Waals surface area contributed by atoms with Gasteiger partial charge in [-0.1, -0.05) is 6.07 Å². The number of amides is 1. The summed E-state index contributed by atoms with van der Waals surface area (Å²) < 4.78 is 4.82. The van der Waals surface area contributed by atoms with Crippen molar-refractivity contribution in [2.24, 2.45) is 0 Å². The number of pyridine rings is 1. The lowest BCUT2D eigenvalue weighted by molar-refractivity contribution is -0.120. The van der Waals surface area contributed by atoms with E-state index in [1.165, 1.54) is 0 Å². The van der Waals surface area contributed by atoms with Gasteiger partial charge in [-0.2, -0.15) is 5.26 Å². The van der Waals surface area contributed by atoms with E-state index in [0.29, 0.717) is 25.4 Å². The van der Waals surface area contributed by atoms with Crippen molar-refractivity contribution in [2.75, 3.05) is 26.8 Å². The summed E-state index contributed by atoms with van der Waals surface area (Å²) in [7, 11) is 1.58. The highest BCUT2D eigenvalue weighted by atomic mass is 16.5. The van der Waals surface area contributed by atoms with Gasteiger partial charge in [0.05, 0.1) is 13.2 Å². The maximum absolute atomic E-state index is 11.4. The average molecular weight is 248 g/mol. The fourth-order valence-electron chi connectivity index (χ4n) is 1.35. The molecule has 1 amide bonds. The monoisotopic (exact) mass is 248 g/mol. The Morgan fingerprint density at radius 2 is 2.44 bits per heavy atom. The van der Waals surface area contributed by atoms with Gasteiger partial charge in [0, 0.05) is 32.0 Å². The molecule has 0 saturated heterocycles. The molecule has 2 N–H and O–H groups in total. The van der Waals surface area contributed by atoms with Crippen LogP contribution in [-0.4, -0.2) is 37.7 Å². The number of methoxy groups -OCH3 is 1. The summed E-state index contributed by atoms with van der Waals surface area (Å²) in [5, 5.41) is 14.5. The van der Waals surface area contributed by atoms with Crippen molar-refractivity contribution in [1.29, 1.82) is 5.26 Å².